The van der Waals surface area contributed by atoms with Crippen molar-refractivity contribution in [3.63, 3.8) is 0 Å². The summed E-state index contributed by atoms with van der Waals surface area (Å²) in [5.74, 6) is 6.09. The fourth-order valence-corrected chi connectivity index (χ4v) is 3.02. The van der Waals surface area contributed by atoms with Gasteiger partial charge in [0.15, 0.2) is 5.69 Å². The Hall–Kier alpha value is -1.01. The van der Waals surface area contributed by atoms with E-state index < -0.39 is 5.91 Å². The molecule has 1 aliphatic rings. The topological polar surface area (TPSA) is 81.1 Å². The number of hydrogen-bond acceptors (Lipinski definition) is 5. The number of nitrogen functional groups attached to an aromatic ring is 1. The number of amides is 1. The molecule has 0 bridgehead atoms. The van der Waals surface area contributed by atoms with E-state index in [1.165, 1.54) is 25.7 Å². The molecule has 0 aromatic carbocycles. The summed E-state index contributed by atoms with van der Waals surface area (Å²) in [5, 5.41) is 4.39. The number of carbonyl (C=O) groups excluding carboxylic acids is 1. The molecule has 5 nitrogen and oxygen atoms in total. The Balaban J connectivity index is 1.85. The van der Waals surface area contributed by atoms with Gasteiger partial charge in [-0.2, -0.15) is 11.8 Å². The van der Waals surface area contributed by atoms with E-state index in [4.69, 9.17) is 10.4 Å². The Morgan fingerprint density at radius 1 is 1.62 bits per heavy atom. The molecular formula is C10H15N3O2S. The zero-order valence-electron chi connectivity index (χ0n) is 8.94. The Morgan fingerprint density at radius 2 is 2.38 bits per heavy atom. The van der Waals surface area contributed by atoms with Crippen molar-refractivity contribution in [3.8, 4) is 0 Å². The highest BCUT2D eigenvalue weighted by atomic mass is 32.2. The smallest absolute Gasteiger partial charge is 0.287 e. The van der Waals surface area contributed by atoms with E-state index in [0.29, 0.717) is 0 Å². The van der Waals surface area contributed by atoms with Gasteiger partial charge in [0, 0.05) is 11.3 Å². The molecule has 0 aliphatic heterocycles. The molecule has 1 aliphatic carbocycles. The van der Waals surface area contributed by atoms with Gasteiger partial charge in [-0.05, 0) is 12.8 Å². The van der Waals surface area contributed by atoms with Crippen molar-refractivity contribution in [3.05, 3.63) is 17.5 Å². The number of nitrogens with zero attached hydrogens (tertiary/aromatic N) is 1. The average molecular weight is 241 g/mol. The lowest BCUT2D eigenvalue weighted by atomic mass is 10.4. The van der Waals surface area contributed by atoms with E-state index in [9.17, 15) is 4.79 Å². The van der Waals surface area contributed by atoms with Crippen LogP contribution in [0, 0.1) is 0 Å². The minimum atomic E-state index is -0.416. The monoisotopic (exact) mass is 241 g/mol. The van der Waals surface area contributed by atoms with Crippen molar-refractivity contribution >= 4 is 17.7 Å². The molecule has 0 spiro atoms. The number of nitrogens with two attached hydrogens (primary N) is 1. The Morgan fingerprint density at radius 3 is 3.06 bits per heavy atom. The second kappa shape index (κ2) is 5.36. The third-order valence-electron chi connectivity index (χ3n) is 2.69. The van der Waals surface area contributed by atoms with Gasteiger partial charge in [0.1, 0.15) is 5.76 Å². The Kier molecular flexibility index (Phi) is 3.84. The largest absolute Gasteiger partial charge is 0.360 e. The summed E-state index contributed by atoms with van der Waals surface area (Å²) in [7, 11) is 0. The molecule has 1 heterocycles. The number of carbonyl (C=O) groups is 1. The molecule has 1 amide bonds. The fraction of sp³-hybridized carbons (Fsp3) is 0.600. The molecule has 6 heteroatoms. The molecule has 1 fully saturated rings. The van der Waals surface area contributed by atoms with Crippen LogP contribution < -0.4 is 11.3 Å². The first kappa shape index (κ1) is 11.5. The van der Waals surface area contributed by atoms with Crippen LogP contribution in [0.15, 0.2) is 10.6 Å². The summed E-state index contributed by atoms with van der Waals surface area (Å²) in [5.41, 5.74) is 2.26. The normalized spacial score (nSPS) is 16.6. The van der Waals surface area contributed by atoms with Crippen molar-refractivity contribution < 1.29 is 9.32 Å². The van der Waals surface area contributed by atoms with Crippen molar-refractivity contribution in [1.29, 1.82) is 0 Å². The van der Waals surface area contributed by atoms with Crippen LogP contribution in [0.3, 0.4) is 0 Å². The summed E-state index contributed by atoms with van der Waals surface area (Å²) in [6, 6.07) is 1.64. The average Bonchev–Trinajstić information content (AvgIpc) is 2.96. The van der Waals surface area contributed by atoms with E-state index in [1.807, 2.05) is 17.2 Å². The predicted octanol–water partition coefficient (Wildman–Crippen LogP) is 1.45. The van der Waals surface area contributed by atoms with Gasteiger partial charge in [-0.25, -0.2) is 5.84 Å². The first-order chi connectivity index (χ1) is 7.79. The van der Waals surface area contributed by atoms with Crippen LogP contribution in [0.25, 0.3) is 0 Å². The van der Waals surface area contributed by atoms with Crippen LogP contribution in [0.1, 0.15) is 41.9 Å². The van der Waals surface area contributed by atoms with Gasteiger partial charge in [-0.3, -0.25) is 10.2 Å². The van der Waals surface area contributed by atoms with Crippen molar-refractivity contribution in [2.75, 3.05) is 0 Å². The van der Waals surface area contributed by atoms with Crippen molar-refractivity contribution in [2.24, 2.45) is 5.84 Å². The summed E-state index contributed by atoms with van der Waals surface area (Å²) in [6.45, 7) is 0. The number of aromatic nitrogens is 1. The highest BCUT2D eigenvalue weighted by molar-refractivity contribution is 7.99. The van der Waals surface area contributed by atoms with Crippen LogP contribution in [0.2, 0.25) is 0 Å². The zero-order chi connectivity index (χ0) is 11.4. The molecule has 16 heavy (non-hydrogen) atoms. The third kappa shape index (κ3) is 2.76. The number of hydrogen-bond donors (Lipinski definition) is 2. The summed E-state index contributed by atoms with van der Waals surface area (Å²) in [6.07, 6.45) is 5.23. The molecular weight excluding hydrogens is 226 g/mol. The van der Waals surface area contributed by atoms with Crippen LogP contribution in [-0.4, -0.2) is 16.3 Å². The van der Waals surface area contributed by atoms with Crippen LogP contribution in [-0.2, 0) is 5.75 Å². The molecule has 1 aromatic rings. The molecule has 0 saturated heterocycles. The van der Waals surface area contributed by atoms with E-state index in [1.54, 1.807) is 6.07 Å². The summed E-state index contributed by atoms with van der Waals surface area (Å²) >= 11 is 1.87. The fourth-order valence-electron chi connectivity index (χ4n) is 1.82. The molecule has 1 saturated carbocycles. The Bertz CT molecular complexity index is 361. The van der Waals surface area contributed by atoms with Gasteiger partial charge in [0.25, 0.3) is 5.91 Å². The highest BCUT2D eigenvalue weighted by Crippen LogP contribution is 2.31. The lowest BCUT2D eigenvalue weighted by Crippen LogP contribution is -2.30. The SMILES string of the molecule is NNC(=O)c1cc(CSC2CCCC2)on1. The third-order valence-corrected chi connectivity index (χ3v) is 4.08. The maximum absolute atomic E-state index is 11.1. The highest BCUT2D eigenvalue weighted by Gasteiger charge is 2.17. The van der Waals surface area contributed by atoms with Crippen molar-refractivity contribution in [2.45, 2.75) is 36.7 Å². The second-order valence-electron chi connectivity index (χ2n) is 3.87. The first-order valence-electron chi connectivity index (χ1n) is 5.37. The minimum Gasteiger partial charge on any atom is -0.360 e. The van der Waals surface area contributed by atoms with Gasteiger partial charge in [0.05, 0.1) is 5.75 Å². The lowest BCUT2D eigenvalue weighted by Gasteiger charge is -2.05. The quantitative estimate of drug-likeness (QED) is 0.474. The summed E-state index contributed by atoms with van der Waals surface area (Å²) < 4.78 is 5.06. The minimum absolute atomic E-state index is 0.240. The maximum atomic E-state index is 11.1. The summed E-state index contributed by atoms with van der Waals surface area (Å²) in [4.78, 5) is 11.1. The maximum Gasteiger partial charge on any atom is 0.287 e. The van der Waals surface area contributed by atoms with Crippen LogP contribution in [0.4, 0.5) is 0 Å². The second-order valence-corrected chi connectivity index (χ2v) is 5.16. The lowest BCUT2D eigenvalue weighted by molar-refractivity contribution is 0.0944. The van der Waals surface area contributed by atoms with E-state index in [0.717, 1.165) is 16.8 Å². The molecule has 0 atom stereocenters. The van der Waals surface area contributed by atoms with Crippen molar-refractivity contribution in [1.82, 2.24) is 10.6 Å². The standard InChI is InChI=1S/C10H15N3O2S/c11-12-10(14)9-5-7(15-13-9)6-16-8-3-1-2-4-8/h5,8H,1-4,6,11H2,(H,12,14). The molecule has 0 unspecified atom stereocenters. The van der Waals surface area contributed by atoms with Gasteiger partial charge in [-0.1, -0.05) is 18.0 Å². The van der Waals surface area contributed by atoms with E-state index in [-0.39, 0.29) is 5.69 Å². The van der Waals surface area contributed by atoms with Gasteiger partial charge in [-0.15, -0.1) is 0 Å². The van der Waals surface area contributed by atoms with Gasteiger partial charge < -0.3 is 4.52 Å². The number of hydrazine groups is 1. The predicted molar refractivity (Wildman–Crippen MR) is 61.7 cm³/mol. The Labute approximate surface area is 98.1 Å². The zero-order valence-corrected chi connectivity index (χ0v) is 9.76. The van der Waals surface area contributed by atoms with Crippen LogP contribution in [0.5, 0.6) is 0 Å². The van der Waals surface area contributed by atoms with E-state index in [2.05, 4.69) is 5.16 Å². The molecule has 2 rings (SSSR count). The van der Waals surface area contributed by atoms with Crippen LogP contribution >= 0.6 is 11.8 Å². The van der Waals surface area contributed by atoms with Gasteiger partial charge >= 0.3 is 0 Å². The number of thioether (sulfide) groups is 1. The molecule has 1 aromatic heterocycles. The van der Waals surface area contributed by atoms with Gasteiger partial charge in [0.2, 0.25) is 0 Å². The molecule has 0 radical (unpaired) electrons. The first-order valence-corrected chi connectivity index (χ1v) is 6.42. The van der Waals surface area contributed by atoms with E-state index >= 15 is 0 Å². The number of rotatable bonds is 4. The molecule has 88 valence electrons. The molecule has 3 N–H and O–H groups in total. The number of nitrogens with one attached hydrogen (secondary N) is 1.